The largest absolute Gasteiger partial charge is 0.355 e. The summed E-state index contributed by atoms with van der Waals surface area (Å²) >= 11 is 0. The molecule has 2 rings (SSSR count). The van der Waals surface area contributed by atoms with Crippen molar-refractivity contribution in [1.29, 1.82) is 0 Å². The molecule has 0 amide bonds. The van der Waals surface area contributed by atoms with E-state index in [1.165, 1.54) is 12.1 Å². The molecule has 1 saturated heterocycles. The molecule has 0 saturated carbocycles. The molecule has 1 heterocycles. The molecule has 0 spiro atoms. The van der Waals surface area contributed by atoms with Crippen LogP contribution in [-0.2, 0) is 6.54 Å². The van der Waals surface area contributed by atoms with E-state index in [4.69, 9.17) is 0 Å². The van der Waals surface area contributed by atoms with Gasteiger partial charge in [0.1, 0.15) is 5.82 Å². The van der Waals surface area contributed by atoms with E-state index in [1.807, 2.05) is 19.2 Å². The van der Waals surface area contributed by atoms with Gasteiger partial charge < -0.3 is 20.4 Å². The Morgan fingerprint density at radius 2 is 1.92 bits per heavy atom. The summed E-state index contributed by atoms with van der Waals surface area (Å²) < 4.78 is 13.0. The maximum atomic E-state index is 13.0. The van der Waals surface area contributed by atoms with Crippen molar-refractivity contribution in [3.05, 3.63) is 35.6 Å². The van der Waals surface area contributed by atoms with Gasteiger partial charge in [-0.3, -0.25) is 4.99 Å². The normalized spacial score (nSPS) is 17.1. The summed E-state index contributed by atoms with van der Waals surface area (Å²) in [6.45, 7) is 9.33. The van der Waals surface area contributed by atoms with E-state index in [-0.39, 0.29) is 5.82 Å². The van der Waals surface area contributed by atoms with E-state index in [0.29, 0.717) is 12.1 Å². The van der Waals surface area contributed by atoms with Gasteiger partial charge in [-0.15, -0.1) is 0 Å². The molecule has 1 aliphatic rings. The summed E-state index contributed by atoms with van der Waals surface area (Å²) in [5, 5.41) is 6.95. The zero-order valence-electron chi connectivity index (χ0n) is 16.6. The SMILES string of the molecule is CN=C(NCCN(C)Cc1ccc(F)cc1)NC1CCN(C(C)C)CC1. The van der Waals surface area contributed by atoms with Crippen LogP contribution in [0.5, 0.6) is 0 Å². The van der Waals surface area contributed by atoms with Gasteiger partial charge in [-0.2, -0.15) is 0 Å². The molecule has 26 heavy (non-hydrogen) atoms. The van der Waals surface area contributed by atoms with E-state index in [1.54, 1.807) is 0 Å². The Morgan fingerprint density at radius 3 is 2.50 bits per heavy atom. The average molecular weight is 364 g/mol. The highest BCUT2D eigenvalue weighted by atomic mass is 19.1. The Labute approximate surface area is 157 Å². The number of aliphatic imine (C=N–C) groups is 1. The average Bonchev–Trinajstić information content (AvgIpc) is 2.63. The van der Waals surface area contributed by atoms with E-state index < -0.39 is 0 Å². The summed E-state index contributed by atoms with van der Waals surface area (Å²) in [6, 6.07) is 7.82. The first-order chi connectivity index (χ1) is 12.5. The highest BCUT2D eigenvalue weighted by Crippen LogP contribution is 2.12. The van der Waals surface area contributed by atoms with Crippen molar-refractivity contribution in [2.45, 2.75) is 45.3 Å². The van der Waals surface area contributed by atoms with Gasteiger partial charge in [0.15, 0.2) is 5.96 Å². The van der Waals surface area contributed by atoms with Crippen molar-refractivity contribution in [3.8, 4) is 0 Å². The Hall–Kier alpha value is -1.66. The van der Waals surface area contributed by atoms with Crippen LogP contribution >= 0.6 is 0 Å². The lowest BCUT2D eigenvalue weighted by Gasteiger charge is -2.35. The number of hydrogen-bond donors (Lipinski definition) is 2. The number of halogens is 1. The van der Waals surface area contributed by atoms with Gasteiger partial charge in [-0.1, -0.05) is 12.1 Å². The lowest BCUT2D eigenvalue weighted by molar-refractivity contribution is 0.167. The standard InChI is InChI=1S/C20H34FN5/c1-16(2)26-12-9-19(10-13-26)24-20(22-3)23-11-14-25(4)15-17-5-7-18(21)8-6-17/h5-8,16,19H,9-15H2,1-4H3,(H2,22,23,24). The maximum Gasteiger partial charge on any atom is 0.191 e. The first-order valence-corrected chi connectivity index (χ1v) is 9.62. The molecule has 0 radical (unpaired) electrons. The highest BCUT2D eigenvalue weighted by molar-refractivity contribution is 5.79. The summed E-state index contributed by atoms with van der Waals surface area (Å²) in [4.78, 5) is 9.09. The van der Waals surface area contributed by atoms with Crippen LogP contribution in [0.25, 0.3) is 0 Å². The second-order valence-electron chi connectivity index (χ2n) is 7.41. The third-order valence-corrected chi connectivity index (χ3v) is 4.98. The molecule has 1 fully saturated rings. The Bertz CT molecular complexity index is 550. The molecule has 0 bridgehead atoms. The minimum absolute atomic E-state index is 0.188. The topological polar surface area (TPSA) is 42.9 Å². The third-order valence-electron chi connectivity index (χ3n) is 4.98. The first kappa shape index (κ1) is 20.6. The minimum Gasteiger partial charge on any atom is -0.355 e. The summed E-state index contributed by atoms with van der Waals surface area (Å²) in [5.74, 6) is 0.690. The van der Waals surface area contributed by atoms with Gasteiger partial charge in [-0.05, 0) is 51.4 Å². The fourth-order valence-corrected chi connectivity index (χ4v) is 3.29. The van der Waals surface area contributed by atoms with Crippen molar-refractivity contribution in [2.75, 3.05) is 40.3 Å². The lowest BCUT2D eigenvalue weighted by Crippen LogP contribution is -2.50. The van der Waals surface area contributed by atoms with Crippen LogP contribution in [0.2, 0.25) is 0 Å². The van der Waals surface area contributed by atoms with Gasteiger partial charge in [0, 0.05) is 51.9 Å². The molecule has 6 heteroatoms. The van der Waals surface area contributed by atoms with Crippen LogP contribution in [0.15, 0.2) is 29.3 Å². The molecule has 1 aromatic carbocycles. The third kappa shape index (κ3) is 6.92. The molecular formula is C20H34FN5. The zero-order chi connectivity index (χ0) is 18.9. The second kappa shape index (κ2) is 10.5. The number of benzene rings is 1. The van der Waals surface area contributed by atoms with E-state index >= 15 is 0 Å². The number of guanidine groups is 1. The highest BCUT2D eigenvalue weighted by Gasteiger charge is 2.21. The van der Waals surface area contributed by atoms with Crippen molar-refractivity contribution >= 4 is 5.96 Å². The maximum absolute atomic E-state index is 13.0. The van der Waals surface area contributed by atoms with Gasteiger partial charge in [0.05, 0.1) is 0 Å². The number of likely N-dealkylation sites (tertiary alicyclic amines) is 1. The van der Waals surface area contributed by atoms with Crippen LogP contribution in [0.3, 0.4) is 0 Å². The van der Waals surface area contributed by atoms with E-state index in [9.17, 15) is 4.39 Å². The van der Waals surface area contributed by atoms with Crippen molar-refractivity contribution in [1.82, 2.24) is 20.4 Å². The molecule has 1 aliphatic heterocycles. The van der Waals surface area contributed by atoms with Crippen LogP contribution in [0.1, 0.15) is 32.3 Å². The molecule has 0 unspecified atom stereocenters. The number of nitrogens with one attached hydrogen (secondary N) is 2. The van der Waals surface area contributed by atoms with Gasteiger partial charge in [0.25, 0.3) is 0 Å². The second-order valence-corrected chi connectivity index (χ2v) is 7.41. The van der Waals surface area contributed by atoms with Gasteiger partial charge >= 0.3 is 0 Å². The molecule has 0 atom stereocenters. The molecule has 0 aromatic heterocycles. The minimum atomic E-state index is -0.188. The predicted molar refractivity (Wildman–Crippen MR) is 107 cm³/mol. The number of likely N-dealkylation sites (N-methyl/N-ethyl adjacent to an activating group) is 1. The Morgan fingerprint density at radius 1 is 1.27 bits per heavy atom. The van der Waals surface area contributed by atoms with Crippen LogP contribution in [-0.4, -0.2) is 68.1 Å². The smallest absolute Gasteiger partial charge is 0.191 e. The molecule has 146 valence electrons. The predicted octanol–water partition coefficient (Wildman–Crippen LogP) is 2.30. The first-order valence-electron chi connectivity index (χ1n) is 9.62. The van der Waals surface area contributed by atoms with Crippen molar-refractivity contribution in [2.24, 2.45) is 4.99 Å². The summed E-state index contributed by atoms with van der Waals surface area (Å²) in [7, 11) is 3.89. The lowest BCUT2D eigenvalue weighted by atomic mass is 10.0. The Balaban J connectivity index is 1.66. The van der Waals surface area contributed by atoms with Crippen LogP contribution in [0, 0.1) is 5.82 Å². The fraction of sp³-hybridized carbons (Fsp3) is 0.650. The number of piperidine rings is 1. The molecule has 5 nitrogen and oxygen atoms in total. The number of rotatable bonds is 7. The monoisotopic (exact) mass is 363 g/mol. The number of hydrogen-bond acceptors (Lipinski definition) is 3. The van der Waals surface area contributed by atoms with Crippen LogP contribution in [0.4, 0.5) is 4.39 Å². The molecule has 0 aliphatic carbocycles. The van der Waals surface area contributed by atoms with E-state index in [2.05, 4.69) is 46.3 Å². The quantitative estimate of drug-likeness (QED) is 0.576. The molecule has 1 aromatic rings. The van der Waals surface area contributed by atoms with Crippen LogP contribution < -0.4 is 10.6 Å². The van der Waals surface area contributed by atoms with Gasteiger partial charge in [-0.25, -0.2) is 4.39 Å². The fourth-order valence-electron chi connectivity index (χ4n) is 3.29. The van der Waals surface area contributed by atoms with Crippen molar-refractivity contribution < 1.29 is 4.39 Å². The summed E-state index contributed by atoms with van der Waals surface area (Å²) in [6.07, 6.45) is 2.31. The zero-order valence-corrected chi connectivity index (χ0v) is 16.6. The summed E-state index contributed by atoms with van der Waals surface area (Å²) in [5.41, 5.74) is 1.12. The van der Waals surface area contributed by atoms with E-state index in [0.717, 1.165) is 57.1 Å². The van der Waals surface area contributed by atoms with Crippen molar-refractivity contribution in [3.63, 3.8) is 0 Å². The molecule has 2 N–H and O–H groups in total. The molecular weight excluding hydrogens is 329 g/mol. The Kier molecular flexibility index (Phi) is 8.32. The van der Waals surface area contributed by atoms with Gasteiger partial charge in [0.2, 0.25) is 0 Å². The number of nitrogens with zero attached hydrogens (tertiary/aromatic N) is 3.